The van der Waals surface area contributed by atoms with Crippen molar-refractivity contribution in [2.45, 2.75) is 19.8 Å². The van der Waals surface area contributed by atoms with Gasteiger partial charge in [-0.15, -0.1) is 0 Å². The molecular weight excluding hydrogens is 212 g/mol. The quantitative estimate of drug-likeness (QED) is 0.817. The van der Waals surface area contributed by atoms with Crippen LogP contribution in [0, 0.1) is 5.41 Å². The summed E-state index contributed by atoms with van der Waals surface area (Å²) in [5.74, 6) is 0. The van der Waals surface area contributed by atoms with Gasteiger partial charge in [0.25, 0.3) is 0 Å². The van der Waals surface area contributed by atoms with E-state index < -0.39 is 0 Å². The highest BCUT2D eigenvalue weighted by Crippen LogP contribution is 2.33. The standard InChI is InChI=1S/C14H22N2O/c1-14(11-17-2)7-9-16(10-8-14)13-5-3-12(15)4-6-13/h3-6H,7-11,15H2,1-2H3. The van der Waals surface area contributed by atoms with E-state index in [0.717, 1.165) is 25.4 Å². The van der Waals surface area contributed by atoms with Crippen LogP contribution in [0.1, 0.15) is 19.8 Å². The van der Waals surface area contributed by atoms with E-state index in [1.165, 1.54) is 18.5 Å². The van der Waals surface area contributed by atoms with Gasteiger partial charge in [-0.25, -0.2) is 0 Å². The molecule has 0 spiro atoms. The number of hydrogen-bond donors (Lipinski definition) is 1. The van der Waals surface area contributed by atoms with Gasteiger partial charge >= 0.3 is 0 Å². The van der Waals surface area contributed by atoms with E-state index in [9.17, 15) is 0 Å². The fraction of sp³-hybridized carbons (Fsp3) is 0.571. The SMILES string of the molecule is COCC1(C)CCN(c2ccc(N)cc2)CC1. The fourth-order valence-electron chi connectivity index (χ4n) is 2.48. The fourth-order valence-corrected chi connectivity index (χ4v) is 2.48. The van der Waals surface area contributed by atoms with Gasteiger partial charge in [0.15, 0.2) is 0 Å². The number of piperidine rings is 1. The number of anilines is 2. The van der Waals surface area contributed by atoms with Gasteiger partial charge in [-0.3, -0.25) is 0 Å². The van der Waals surface area contributed by atoms with Gasteiger partial charge in [0, 0.05) is 31.6 Å². The van der Waals surface area contributed by atoms with E-state index in [4.69, 9.17) is 10.5 Å². The maximum atomic E-state index is 5.70. The number of methoxy groups -OCH3 is 1. The Morgan fingerprint density at radius 2 is 1.82 bits per heavy atom. The van der Waals surface area contributed by atoms with Crippen molar-refractivity contribution in [2.24, 2.45) is 5.41 Å². The van der Waals surface area contributed by atoms with E-state index in [0.29, 0.717) is 5.41 Å². The highest BCUT2D eigenvalue weighted by atomic mass is 16.5. The Morgan fingerprint density at radius 1 is 1.24 bits per heavy atom. The van der Waals surface area contributed by atoms with Crippen LogP contribution in [0.5, 0.6) is 0 Å². The molecule has 0 aromatic heterocycles. The summed E-state index contributed by atoms with van der Waals surface area (Å²) in [7, 11) is 1.79. The Bertz CT molecular complexity index is 353. The zero-order valence-electron chi connectivity index (χ0n) is 10.8. The van der Waals surface area contributed by atoms with Crippen molar-refractivity contribution >= 4 is 11.4 Å². The normalized spacial score (nSPS) is 19.3. The Labute approximate surface area is 104 Å². The Morgan fingerprint density at radius 3 is 2.35 bits per heavy atom. The summed E-state index contributed by atoms with van der Waals surface area (Å²) < 4.78 is 5.31. The highest BCUT2D eigenvalue weighted by molar-refractivity contribution is 5.53. The third-order valence-corrected chi connectivity index (χ3v) is 3.72. The van der Waals surface area contributed by atoms with Crippen LogP contribution in [-0.2, 0) is 4.74 Å². The molecule has 1 aliphatic heterocycles. The van der Waals surface area contributed by atoms with Crippen molar-refractivity contribution in [1.82, 2.24) is 0 Å². The first kappa shape index (κ1) is 12.2. The van der Waals surface area contributed by atoms with Crippen LogP contribution in [-0.4, -0.2) is 26.8 Å². The summed E-state index contributed by atoms with van der Waals surface area (Å²) >= 11 is 0. The summed E-state index contributed by atoms with van der Waals surface area (Å²) in [5, 5.41) is 0. The molecule has 1 aliphatic rings. The van der Waals surface area contributed by atoms with E-state index >= 15 is 0 Å². The van der Waals surface area contributed by atoms with Crippen molar-refractivity contribution in [1.29, 1.82) is 0 Å². The summed E-state index contributed by atoms with van der Waals surface area (Å²) in [4.78, 5) is 2.43. The Hall–Kier alpha value is -1.22. The molecular formula is C14H22N2O. The molecule has 3 nitrogen and oxygen atoms in total. The zero-order valence-corrected chi connectivity index (χ0v) is 10.8. The van der Waals surface area contributed by atoms with E-state index in [2.05, 4.69) is 24.0 Å². The van der Waals surface area contributed by atoms with Crippen LogP contribution in [0.2, 0.25) is 0 Å². The Kier molecular flexibility index (Phi) is 3.57. The summed E-state index contributed by atoms with van der Waals surface area (Å²) in [5.41, 5.74) is 8.16. The highest BCUT2D eigenvalue weighted by Gasteiger charge is 2.29. The first-order valence-electron chi connectivity index (χ1n) is 6.22. The van der Waals surface area contributed by atoms with Crippen LogP contribution in [0.25, 0.3) is 0 Å². The number of benzene rings is 1. The third kappa shape index (κ3) is 2.91. The van der Waals surface area contributed by atoms with Crippen molar-refractivity contribution in [3.63, 3.8) is 0 Å². The van der Waals surface area contributed by atoms with Crippen molar-refractivity contribution in [3.8, 4) is 0 Å². The minimum atomic E-state index is 0.346. The number of nitrogen functional groups attached to an aromatic ring is 1. The second-order valence-corrected chi connectivity index (χ2v) is 5.32. The first-order valence-corrected chi connectivity index (χ1v) is 6.22. The zero-order chi connectivity index (χ0) is 12.3. The van der Waals surface area contributed by atoms with Gasteiger partial charge in [0.05, 0.1) is 6.61 Å². The van der Waals surface area contributed by atoms with Gasteiger partial charge < -0.3 is 15.4 Å². The topological polar surface area (TPSA) is 38.5 Å². The van der Waals surface area contributed by atoms with E-state index in [-0.39, 0.29) is 0 Å². The van der Waals surface area contributed by atoms with Crippen molar-refractivity contribution in [3.05, 3.63) is 24.3 Å². The van der Waals surface area contributed by atoms with Crippen LogP contribution in [0.15, 0.2) is 24.3 Å². The number of nitrogens with zero attached hydrogens (tertiary/aromatic N) is 1. The maximum Gasteiger partial charge on any atom is 0.0517 e. The molecule has 0 saturated carbocycles. The molecule has 1 saturated heterocycles. The van der Waals surface area contributed by atoms with E-state index in [1.54, 1.807) is 7.11 Å². The average Bonchev–Trinajstić information content (AvgIpc) is 2.31. The van der Waals surface area contributed by atoms with E-state index in [1.807, 2.05) is 12.1 Å². The second kappa shape index (κ2) is 4.96. The van der Waals surface area contributed by atoms with Gasteiger partial charge in [-0.1, -0.05) is 6.92 Å². The smallest absolute Gasteiger partial charge is 0.0517 e. The predicted octanol–water partition coefficient (Wildman–Crippen LogP) is 2.52. The molecule has 1 fully saturated rings. The summed E-state index contributed by atoms with van der Waals surface area (Å²) in [6, 6.07) is 8.15. The molecule has 1 aromatic rings. The van der Waals surface area contributed by atoms with Gasteiger partial charge in [-0.05, 0) is 42.5 Å². The second-order valence-electron chi connectivity index (χ2n) is 5.32. The van der Waals surface area contributed by atoms with Crippen LogP contribution in [0.4, 0.5) is 11.4 Å². The van der Waals surface area contributed by atoms with Crippen LogP contribution < -0.4 is 10.6 Å². The van der Waals surface area contributed by atoms with Gasteiger partial charge in [0.1, 0.15) is 0 Å². The number of nitrogens with two attached hydrogens (primary N) is 1. The van der Waals surface area contributed by atoms with Crippen molar-refractivity contribution < 1.29 is 4.74 Å². The molecule has 0 bridgehead atoms. The molecule has 0 atom stereocenters. The minimum Gasteiger partial charge on any atom is -0.399 e. The molecule has 1 heterocycles. The average molecular weight is 234 g/mol. The lowest BCUT2D eigenvalue weighted by Gasteiger charge is -2.40. The molecule has 1 aromatic carbocycles. The molecule has 2 rings (SSSR count). The number of rotatable bonds is 3. The number of ether oxygens (including phenoxy) is 1. The molecule has 0 unspecified atom stereocenters. The van der Waals surface area contributed by atoms with Crippen LogP contribution >= 0.6 is 0 Å². The lowest BCUT2D eigenvalue weighted by atomic mass is 9.81. The molecule has 0 aliphatic carbocycles. The largest absolute Gasteiger partial charge is 0.399 e. The molecule has 2 N–H and O–H groups in total. The minimum absolute atomic E-state index is 0.346. The lowest BCUT2D eigenvalue weighted by molar-refractivity contribution is 0.0731. The molecule has 0 radical (unpaired) electrons. The summed E-state index contributed by atoms with van der Waals surface area (Å²) in [6.07, 6.45) is 2.37. The van der Waals surface area contributed by atoms with Gasteiger partial charge in [0.2, 0.25) is 0 Å². The lowest BCUT2D eigenvalue weighted by Crippen LogP contribution is -2.40. The monoisotopic (exact) mass is 234 g/mol. The number of hydrogen-bond acceptors (Lipinski definition) is 3. The summed E-state index contributed by atoms with van der Waals surface area (Å²) in [6.45, 7) is 5.38. The van der Waals surface area contributed by atoms with Gasteiger partial charge in [-0.2, -0.15) is 0 Å². The molecule has 17 heavy (non-hydrogen) atoms. The molecule has 0 amide bonds. The predicted molar refractivity (Wildman–Crippen MR) is 72.3 cm³/mol. The molecule has 3 heteroatoms. The van der Waals surface area contributed by atoms with Crippen molar-refractivity contribution in [2.75, 3.05) is 37.4 Å². The third-order valence-electron chi connectivity index (χ3n) is 3.72. The maximum absolute atomic E-state index is 5.70. The first-order chi connectivity index (χ1) is 8.13. The Balaban J connectivity index is 1.97. The molecule has 94 valence electrons. The van der Waals surface area contributed by atoms with Crippen LogP contribution in [0.3, 0.4) is 0 Å².